The summed E-state index contributed by atoms with van der Waals surface area (Å²) in [6.45, 7) is 7.38. The van der Waals surface area contributed by atoms with Crippen molar-refractivity contribution in [3.8, 4) is 11.8 Å². The first-order valence-electron chi connectivity index (χ1n) is 6.41. The molecule has 0 saturated carbocycles. The number of hydrogen-bond acceptors (Lipinski definition) is 3. The number of likely N-dealkylation sites (tertiary alicyclic amines) is 1. The first-order chi connectivity index (χ1) is 8.84. The zero-order valence-electron chi connectivity index (χ0n) is 11.5. The second-order valence-corrected chi connectivity index (χ2v) is 5.93. The first-order valence-corrected chi connectivity index (χ1v) is 6.41. The fraction of sp³-hybridized carbons (Fsp3) is 0.467. The molecule has 0 unspecified atom stereocenters. The minimum atomic E-state index is -0.319. The number of aromatic hydroxyl groups is 1. The van der Waals surface area contributed by atoms with Crippen LogP contribution in [0.5, 0.6) is 5.75 Å². The van der Waals surface area contributed by atoms with E-state index in [1.807, 2.05) is 26.8 Å². The Hall–Kier alpha value is -2.02. The maximum atomic E-state index is 12.2. The van der Waals surface area contributed by atoms with Gasteiger partial charge in [-0.2, -0.15) is 5.26 Å². The molecule has 0 spiro atoms. The lowest BCUT2D eigenvalue weighted by Gasteiger charge is -2.31. The molecule has 0 radical (unpaired) electrons. The van der Waals surface area contributed by atoms with Gasteiger partial charge in [0.1, 0.15) is 11.8 Å². The molecular formula is C15H18N2O2. The van der Waals surface area contributed by atoms with Gasteiger partial charge in [0, 0.05) is 24.2 Å². The molecule has 0 aliphatic carbocycles. The molecule has 1 heterocycles. The molecule has 1 saturated heterocycles. The fourth-order valence-electron chi connectivity index (χ4n) is 2.12. The molecule has 1 aliphatic heterocycles. The lowest BCUT2D eigenvalue weighted by Crippen LogP contribution is -2.42. The number of phenols is 1. The minimum Gasteiger partial charge on any atom is -0.506 e. The van der Waals surface area contributed by atoms with Gasteiger partial charge in [0.2, 0.25) is 0 Å². The average Bonchev–Trinajstić information content (AvgIpc) is 2.25. The van der Waals surface area contributed by atoms with Crippen LogP contribution in [0.1, 0.15) is 48.7 Å². The van der Waals surface area contributed by atoms with Crippen LogP contribution in [0.3, 0.4) is 0 Å². The highest BCUT2D eigenvalue weighted by Gasteiger charge is 2.26. The van der Waals surface area contributed by atoms with Crippen LogP contribution in [-0.4, -0.2) is 29.0 Å². The lowest BCUT2D eigenvalue weighted by atomic mass is 9.84. The van der Waals surface area contributed by atoms with Crippen LogP contribution >= 0.6 is 0 Å². The van der Waals surface area contributed by atoms with Gasteiger partial charge >= 0.3 is 0 Å². The normalized spacial score (nSPS) is 14.7. The third kappa shape index (κ3) is 2.41. The molecule has 2 rings (SSSR count). The monoisotopic (exact) mass is 258 g/mol. The third-order valence-corrected chi connectivity index (χ3v) is 3.43. The van der Waals surface area contributed by atoms with Gasteiger partial charge in [0.05, 0.1) is 5.56 Å². The average molecular weight is 258 g/mol. The Balaban J connectivity index is 2.51. The lowest BCUT2D eigenvalue weighted by molar-refractivity contribution is 0.0651. The van der Waals surface area contributed by atoms with Crippen LogP contribution in [0.25, 0.3) is 0 Å². The minimum absolute atomic E-state index is 0.0184. The summed E-state index contributed by atoms with van der Waals surface area (Å²) in [6.07, 6.45) is 1.03. The van der Waals surface area contributed by atoms with Crippen molar-refractivity contribution in [1.29, 1.82) is 5.26 Å². The Morgan fingerprint density at radius 1 is 1.37 bits per heavy atom. The van der Waals surface area contributed by atoms with Gasteiger partial charge in [-0.05, 0) is 24.0 Å². The number of hydrogen-bond donors (Lipinski definition) is 1. The van der Waals surface area contributed by atoms with Gasteiger partial charge < -0.3 is 10.0 Å². The Bertz CT molecular complexity index is 561. The summed E-state index contributed by atoms with van der Waals surface area (Å²) in [7, 11) is 0. The number of rotatable bonds is 1. The molecule has 19 heavy (non-hydrogen) atoms. The highest BCUT2D eigenvalue weighted by atomic mass is 16.3. The van der Waals surface area contributed by atoms with Crippen LogP contribution in [0.15, 0.2) is 12.1 Å². The van der Waals surface area contributed by atoms with Crippen molar-refractivity contribution in [3.05, 3.63) is 28.8 Å². The van der Waals surface area contributed by atoms with Gasteiger partial charge in [-0.25, -0.2) is 0 Å². The van der Waals surface area contributed by atoms with Crippen molar-refractivity contribution < 1.29 is 9.90 Å². The SMILES string of the molecule is CC(C)(C)c1cc(C(=O)N2CCC2)cc(C#N)c1O. The van der Waals surface area contributed by atoms with E-state index in [0.717, 1.165) is 19.5 Å². The third-order valence-electron chi connectivity index (χ3n) is 3.43. The smallest absolute Gasteiger partial charge is 0.253 e. The predicted octanol–water partition coefficient (Wildman–Crippen LogP) is 2.41. The molecule has 100 valence electrons. The van der Waals surface area contributed by atoms with E-state index >= 15 is 0 Å². The van der Waals surface area contributed by atoms with Crippen LogP contribution < -0.4 is 0 Å². The second kappa shape index (κ2) is 4.58. The largest absolute Gasteiger partial charge is 0.506 e. The summed E-state index contributed by atoms with van der Waals surface area (Å²) in [5, 5.41) is 19.2. The van der Waals surface area contributed by atoms with E-state index in [1.54, 1.807) is 11.0 Å². The van der Waals surface area contributed by atoms with Crippen molar-refractivity contribution in [3.63, 3.8) is 0 Å². The number of amides is 1. The molecule has 1 aromatic rings. The van der Waals surface area contributed by atoms with Gasteiger partial charge in [-0.15, -0.1) is 0 Å². The van der Waals surface area contributed by atoms with Gasteiger partial charge in [0.15, 0.2) is 0 Å². The van der Waals surface area contributed by atoms with Gasteiger partial charge in [-0.3, -0.25) is 4.79 Å². The van der Waals surface area contributed by atoms with Crippen molar-refractivity contribution >= 4 is 5.91 Å². The van der Waals surface area contributed by atoms with Gasteiger partial charge in [0.25, 0.3) is 5.91 Å². The summed E-state index contributed by atoms with van der Waals surface area (Å²) < 4.78 is 0. The summed E-state index contributed by atoms with van der Waals surface area (Å²) in [5.74, 6) is -0.0802. The van der Waals surface area contributed by atoms with Crippen LogP contribution in [0.2, 0.25) is 0 Å². The highest BCUT2D eigenvalue weighted by molar-refractivity contribution is 5.95. The summed E-state index contributed by atoms with van der Waals surface area (Å²) in [4.78, 5) is 14.0. The van der Waals surface area contributed by atoms with E-state index in [4.69, 9.17) is 5.26 Å². The quantitative estimate of drug-likeness (QED) is 0.841. The molecule has 1 aromatic carbocycles. The Morgan fingerprint density at radius 2 is 2.00 bits per heavy atom. The van der Waals surface area contributed by atoms with Crippen molar-refractivity contribution in [2.45, 2.75) is 32.6 Å². The molecule has 4 heteroatoms. The zero-order chi connectivity index (χ0) is 14.2. The van der Waals surface area contributed by atoms with E-state index in [9.17, 15) is 9.90 Å². The Kier molecular flexibility index (Phi) is 3.23. The number of carbonyl (C=O) groups excluding carboxylic acids is 1. The Labute approximate surface area is 113 Å². The maximum absolute atomic E-state index is 12.2. The molecule has 0 aromatic heterocycles. The molecule has 1 amide bonds. The number of nitrogens with zero attached hydrogens (tertiary/aromatic N) is 2. The highest BCUT2D eigenvalue weighted by Crippen LogP contribution is 2.34. The molecule has 0 atom stereocenters. The molecule has 0 bridgehead atoms. The number of carbonyl (C=O) groups is 1. The van der Waals surface area contributed by atoms with Crippen LogP contribution in [0.4, 0.5) is 0 Å². The summed E-state index contributed by atoms with van der Waals surface area (Å²) in [6, 6.07) is 5.14. The van der Waals surface area contributed by atoms with E-state index in [-0.39, 0.29) is 22.6 Å². The van der Waals surface area contributed by atoms with E-state index in [0.29, 0.717) is 11.1 Å². The molecule has 1 aliphatic rings. The molecule has 1 fully saturated rings. The summed E-state index contributed by atoms with van der Waals surface area (Å²) >= 11 is 0. The molecule has 1 N–H and O–H groups in total. The Morgan fingerprint density at radius 3 is 2.42 bits per heavy atom. The fourth-order valence-corrected chi connectivity index (χ4v) is 2.12. The van der Waals surface area contributed by atoms with Crippen molar-refractivity contribution in [1.82, 2.24) is 4.90 Å². The van der Waals surface area contributed by atoms with Crippen LogP contribution in [0, 0.1) is 11.3 Å². The van der Waals surface area contributed by atoms with E-state index < -0.39 is 0 Å². The van der Waals surface area contributed by atoms with E-state index in [2.05, 4.69) is 0 Å². The number of nitriles is 1. The van der Waals surface area contributed by atoms with Crippen LogP contribution in [-0.2, 0) is 5.41 Å². The number of phenolic OH excluding ortho intramolecular Hbond substituents is 1. The predicted molar refractivity (Wildman–Crippen MR) is 72.0 cm³/mol. The van der Waals surface area contributed by atoms with Crippen molar-refractivity contribution in [2.24, 2.45) is 0 Å². The molecular weight excluding hydrogens is 240 g/mol. The standard InChI is InChI=1S/C15H18N2O2/c1-15(2,3)12-8-10(7-11(9-16)13(12)18)14(19)17-5-4-6-17/h7-8,18H,4-6H2,1-3H3. The maximum Gasteiger partial charge on any atom is 0.253 e. The van der Waals surface area contributed by atoms with E-state index in [1.165, 1.54) is 6.07 Å². The second-order valence-electron chi connectivity index (χ2n) is 5.93. The zero-order valence-corrected chi connectivity index (χ0v) is 11.5. The molecule has 4 nitrogen and oxygen atoms in total. The number of benzene rings is 1. The summed E-state index contributed by atoms with van der Waals surface area (Å²) in [5.41, 5.74) is 0.965. The van der Waals surface area contributed by atoms with Crippen molar-refractivity contribution in [2.75, 3.05) is 13.1 Å². The topological polar surface area (TPSA) is 64.3 Å². The van der Waals surface area contributed by atoms with Gasteiger partial charge in [-0.1, -0.05) is 20.8 Å². The first kappa shape index (κ1) is 13.4.